The molecule has 0 aliphatic carbocycles. The maximum atomic E-state index is 16.9. The number of fused-ring (bicyclic) bond motifs is 3. The van der Waals surface area contributed by atoms with Crippen LogP contribution in [-0.2, 0) is 6.18 Å². The highest BCUT2D eigenvalue weighted by Crippen LogP contribution is 2.48. The highest BCUT2D eigenvalue weighted by molar-refractivity contribution is 7.23. The Balaban J connectivity index is 1.46. The van der Waals surface area contributed by atoms with E-state index in [0.717, 1.165) is 37.5 Å². The number of halogens is 6. The topological polar surface area (TPSA) is 103 Å². The first-order chi connectivity index (χ1) is 22.0. The maximum absolute atomic E-state index is 16.9. The summed E-state index contributed by atoms with van der Waals surface area (Å²) < 4.78 is 96.5. The second kappa shape index (κ2) is 11.4. The van der Waals surface area contributed by atoms with E-state index in [2.05, 4.69) is 15.4 Å². The van der Waals surface area contributed by atoms with Gasteiger partial charge >= 0.3 is 12.2 Å². The van der Waals surface area contributed by atoms with Crippen LogP contribution in [0, 0.1) is 23.0 Å². The minimum Gasteiger partial charge on any atom is -0.461 e. The molecule has 3 N–H and O–H groups in total. The fraction of sp³-hybridized carbons (Fsp3) is 0.452. The molecule has 2 aromatic carbocycles. The minimum absolute atomic E-state index is 0.00941. The largest absolute Gasteiger partial charge is 0.461 e. The summed E-state index contributed by atoms with van der Waals surface area (Å²) in [5.41, 5.74) is 5.26. The number of nitrogens with one attached hydrogen (secondary N) is 1. The first-order valence-corrected chi connectivity index (χ1v) is 15.9. The van der Waals surface area contributed by atoms with Gasteiger partial charge in [0.1, 0.15) is 35.2 Å². The number of nitrogen functional groups attached to an aromatic ring is 1. The van der Waals surface area contributed by atoms with Gasteiger partial charge < -0.3 is 10.5 Å². The Hall–Kier alpha value is -3.87. The normalized spacial score (nSPS) is 22.4. The number of nitrogens with two attached hydrogens (primary N) is 1. The van der Waals surface area contributed by atoms with Gasteiger partial charge in [-0.25, -0.2) is 18.6 Å². The Bertz CT molecular complexity index is 1880. The smallest absolute Gasteiger partial charge is 0.417 e. The second-order valence-electron chi connectivity index (χ2n) is 12.1. The molecule has 3 aliphatic rings. The Morgan fingerprint density at radius 3 is 2.76 bits per heavy atom. The molecule has 0 saturated carbocycles. The molecule has 3 fully saturated rings. The SMILES string of the molecule is N#Cc1c(N)sc2c(F)ccc(-c3c(C(F)(F)F)cc4c(N5CCCCCN5)nc(OC[C@@]56CCCN5C[C@H](F)C6)nc4c3F)c12. The summed E-state index contributed by atoms with van der Waals surface area (Å²) in [4.78, 5) is 10.8. The molecule has 4 aromatic rings. The minimum atomic E-state index is -5.06. The molecule has 5 heterocycles. The van der Waals surface area contributed by atoms with Gasteiger partial charge in [-0.3, -0.25) is 9.91 Å². The number of anilines is 2. The van der Waals surface area contributed by atoms with Crippen LogP contribution in [0.4, 0.5) is 37.2 Å². The monoisotopic (exact) mass is 661 g/mol. The average molecular weight is 662 g/mol. The van der Waals surface area contributed by atoms with Gasteiger partial charge in [0, 0.05) is 42.4 Å². The van der Waals surface area contributed by atoms with Crippen molar-refractivity contribution >= 4 is 43.1 Å². The molecule has 2 aromatic heterocycles. The van der Waals surface area contributed by atoms with Gasteiger partial charge in [-0.1, -0.05) is 12.5 Å². The van der Waals surface area contributed by atoms with Crippen LogP contribution < -0.4 is 20.9 Å². The van der Waals surface area contributed by atoms with E-state index >= 15 is 4.39 Å². The van der Waals surface area contributed by atoms with Crippen molar-refractivity contribution in [3.8, 4) is 23.2 Å². The third kappa shape index (κ3) is 5.07. The van der Waals surface area contributed by atoms with E-state index in [9.17, 15) is 27.2 Å². The van der Waals surface area contributed by atoms with Crippen LogP contribution in [0.1, 0.15) is 49.7 Å². The Labute approximate surface area is 263 Å². The number of benzene rings is 2. The average Bonchev–Trinajstić information content (AvgIpc) is 3.56. The molecular formula is C31H29F6N7OS. The summed E-state index contributed by atoms with van der Waals surface area (Å²) in [6.07, 6.45) is -1.85. The number of rotatable bonds is 5. The summed E-state index contributed by atoms with van der Waals surface area (Å²) in [6.45, 7) is 1.93. The van der Waals surface area contributed by atoms with Gasteiger partial charge in [-0.15, -0.1) is 11.3 Å². The lowest BCUT2D eigenvalue weighted by molar-refractivity contribution is -0.137. The van der Waals surface area contributed by atoms with Crippen LogP contribution >= 0.6 is 11.3 Å². The zero-order valence-corrected chi connectivity index (χ0v) is 25.3. The van der Waals surface area contributed by atoms with Gasteiger partial charge in [-0.05, 0) is 49.9 Å². The van der Waals surface area contributed by atoms with E-state index in [0.29, 0.717) is 43.8 Å². The quantitative estimate of drug-likeness (QED) is 0.228. The lowest BCUT2D eigenvalue weighted by Gasteiger charge is -2.31. The molecule has 8 nitrogen and oxygen atoms in total. The Morgan fingerprint density at radius 1 is 1.15 bits per heavy atom. The highest BCUT2D eigenvalue weighted by Gasteiger charge is 2.49. The van der Waals surface area contributed by atoms with E-state index < -0.39 is 46.2 Å². The van der Waals surface area contributed by atoms with Gasteiger partial charge in [0.25, 0.3) is 0 Å². The van der Waals surface area contributed by atoms with Gasteiger partial charge in [0.2, 0.25) is 0 Å². The van der Waals surface area contributed by atoms with Gasteiger partial charge in [0.05, 0.1) is 21.4 Å². The first-order valence-electron chi connectivity index (χ1n) is 15.1. The van der Waals surface area contributed by atoms with Crippen LogP contribution in [0.25, 0.3) is 32.1 Å². The van der Waals surface area contributed by atoms with Crippen LogP contribution in [-0.4, -0.2) is 59.4 Å². The van der Waals surface area contributed by atoms with E-state index in [4.69, 9.17) is 10.5 Å². The zero-order chi connectivity index (χ0) is 32.4. The standard InChI is InChI=1S/C31H29F6N7OS/c32-16-12-30(7-4-9-43(30)14-16)15-45-29-41-25-18(28(42-29)44-10-3-1-2-8-40-44)11-20(31(35,36)37)23(24(25)34)17-5-6-21(33)26-22(17)19(13-38)27(39)46-26/h5-6,11,16,40H,1-4,7-10,12,14-15,39H2/t16-,30+/m1/s1. The van der Waals surface area contributed by atoms with Crippen molar-refractivity contribution in [2.45, 2.75) is 56.4 Å². The number of nitrogens with zero attached hydrogens (tertiary/aromatic N) is 5. The molecule has 3 aliphatic heterocycles. The zero-order valence-electron chi connectivity index (χ0n) is 24.5. The number of aromatic nitrogens is 2. The third-order valence-electron chi connectivity index (χ3n) is 9.24. The summed E-state index contributed by atoms with van der Waals surface area (Å²) in [5.74, 6) is -2.13. The van der Waals surface area contributed by atoms with Gasteiger partial charge in [-0.2, -0.15) is 28.4 Å². The van der Waals surface area contributed by atoms with Crippen molar-refractivity contribution in [2.24, 2.45) is 0 Å². The lowest BCUT2D eigenvalue weighted by atomic mass is 9.92. The van der Waals surface area contributed by atoms with Crippen molar-refractivity contribution in [2.75, 3.05) is 43.5 Å². The fourth-order valence-corrected chi connectivity index (χ4v) is 8.10. The molecule has 0 spiro atoms. The molecule has 46 heavy (non-hydrogen) atoms. The summed E-state index contributed by atoms with van der Waals surface area (Å²) in [7, 11) is 0. The van der Waals surface area contributed by atoms with E-state index in [-0.39, 0.29) is 63.0 Å². The summed E-state index contributed by atoms with van der Waals surface area (Å²) in [6, 6.07) is 4.29. The molecule has 0 amide bonds. The summed E-state index contributed by atoms with van der Waals surface area (Å²) >= 11 is 0.698. The molecule has 0 unspecified atom stereocenters. The molecule has 3 saturated heterocycles. The molecule has 242 valence electrons. The number of thiophene rings is 1. The van der Waals surface area contributed by atoms with E-state index in [1.807, 2.05) is 11.0 Å². The predicted octanol–water partition coefficient (Wildman–Crippen LogP) is 6.71. The molecule has 7 rings (SSSR count). The van der Waals surface area contributed by atoms with Crippen LogP contribution in [0.5, 0.6) is 6.01 Å². The Kier molecular flexibility index (Phi) is 7.64. The first kappa shape index (κ1) is 30.8. The molecule has 15 heteroatoms. The van der Waals surface area contributed by atoms with Crippen molar-refractivity contribution in [3.63, 3.8) is 0 Å². The van der Waals surface area contributed by atoms with E-state index in [1.165, 1.54) is 0 Å². The Morgan fingerprint density at radius 2 is 1.98 bits per heavy atom. The molecule has 0 bridgehead atoms. The predicted molar refractivity (Wildman–Crippen MR) is 162 cm³/mol. The van der Waals surface area contributed by atoms with Crippen molar-refractivity contribution in [1.82, 2.24) is 20.3 Å². The number of alkyl halides is 4. The highest BCUT2D eigenvalue weighted by atomic mass is 32.1. The number of hydrogen-bond donors (Lipinski definition) is 2. The fourth-order valence-electron chi connectivity index (χ4n) is 7.15. The number of hydrogen-bond acceptors (Lipinski definition) is 9. The number of ether oxygens (including phenoxy) is 1. The van der Waals surface area contributed by atoms with E-state index in [1.54, 1.807) is 5.01 Å². The summed E-state index contributed by atoms with van der Waals surface area (Å²) in [5, 5.41) is 10.8. The van der Waals surface area contributed by atoms with Crippen LogP contribution in [0.3, 0.4) is 0 Å². The molecule has 2 atom stereocenters. The van der Waals surface area contributed by atoms with Crippen molar-refractivity contribution in [1.29, 1.82) is 5.26 Å². The van der Waals surface area contributed by atoms with Crippen molar-refractivity contribution < 1.29 is 31.1 Å². The van der Waals surface area contributed by atoms with Gasteiger partial charge in [0.15, 0.2) is 11.6 Å². The van der Waals surface area contributed by atoms with Crippen LogP contribution in [0.15, 0.2) is 18.2 Å². The maximum Gasteiger partial charge on any atom is 0.417 e. The second-order valence-corrected chi connectivity index (χ2v) is 13.1. The van der Waals surface area contributed by atoms with Crippen LogP contribution in [0.2, 0.25) is 0 Å². The van der Waals surface area contributed by atoms with Crippen molar-refractivity contribution in [3.05, 3.63) is 41.0 Å². The third-order valence-corrected chi connectivity index (χ3v) is 10.3. The number of nitriles is 1. The lowest BCUT2D eigenvalue weighted by Crippen LogP contribution is -2.43. The molecule has 0 radical (unpaired) electrons. The molecular weight excluding hydrogens is 632 g/mol. The number of hydrazine groups is 1.